The van der Waals surface area contributed by atoms with Crippen LogP contribution < -0.4 is 10.6 Å². The summed E-state index contributed by atoms with van der Waals surface area (Å²) in [5.41, 5.74) is 0.668. The molecule has 0 aromatic heterocycles. The lowest BCUT2D eigenvalue weighted by Crippen LogP contribution is -2.55. The van der Waals surface area contributed by atoms with Crippen LogP contribution in [-0.4, -0.2) is 54.8 Å². The van der Waals surface area contributed by atoms with E-state index in [0.29, 0.717) is 25.4 Å². The average Bonchev–Trinajstić information content (AvgIpc) is 2.77. The summed E-state index contributed by atoms with van der Waals surface area (Å²) in [4.78, 5) is 40.7. The van der Waals surface area contributed by atoms with Crippen LogP contribution in [0.4, 0.5) is 10.5 Å². The van der Waals surface area contributed by atoms with Crippen LogP contribution in [0.15, 0.2) is 29.2 Å². The summed E-state index contributed by atoms with van der Waals surface area (Å²) in [6.07, 6.45) is 4.20. The van der Waals surface area contributed by atoms with Crippen molar-refractivity contribution in [2.24, 2.45) is 11.8 Å². The van der Waals surface area contributed by atoms with Crippen molar-refractivity contribution in [3.8, 4) is 0 Å². The van der Waals surface area contributed by atoms with Gasteiger partial charge in [0.15, 0.2) is 0 Å². The predicted octanol–water partition coefficient (Wildman–Crippen LogP) is 3.75. The third-order valence-corrected chi connectivity index (χ3v) is 6.21. The van der Waals surface area contributed by atoms with E-state index in [1.165, 1.54) is 0 Å². The van der Waals surface area contributed by atoms with E-state index in [1.807, 2.05) is 44.4 Å². The average molecular weight is 436 g/mol. The van der Waals surface area contributed by atoms with Gasteiger partial charge in [0.05, 0.1) is 12.5 Å². The molecule has 30 heavy (non-hydrogen) atoms. The summed E-state index contributed by atoms with van der Waals surface area (Å²) in [6, 6.07) is 6.47. The maximum atomic E-state index is 13.2. The zero-order valence-electron chi connectivity index (χ0n) is 18.3. The van der Waals surface area contributed by atoms with Gasteiger partial charge in [0.2, 0.25) is 5.91 Å². The van der Waals surface area contributed by atoms with E-state index in [-0.39, 0.29) is 23.7 Å². The van der Waals surface area contributed by atoms with Gasteiger partial charge < -0.3 is 20.3 Å². The molecule has 3 unspecified atom stereocenters. The topological polar surface area (TPSA) is 87.7 Å². The van der Waals surface area contributed by atoms with Crippen molar-refractivity contribution in [2.75, 3.05) is 31.3 Å². The number of thioether (sulfide) groups is 1. The summed E-state index contributed by atoms with van der Waals surface area (Å²) in [5.74, 6) is -0.741. The highest BCUT2D eigenvalue weighted by molar-refractivity contribution is 7.98. The molecule has 1 aromatic rings. The van der Waals surface area contributed by atoms with E-state index in [9.17, 15) is 14.4 Å². The number of carbonyl (C=O) groups is 3. The molecule has 2 N–H and O–H groups in total. The highest BCUT2D eigenvalue weighted by Crippen LogP contribution is 2.21. The molecule has 1 heterocycles. The molecule has 0 radical (unpaired) electrons. The summed E-state index contributed by atoms with van der Waals surface area (Å²) in [7, 11) is 0. The highest BCUT2D eigenvalue weighted by atomic mass is 32.2. The first-order valence-electron chi connectivity index (χ1n) is 10.6. The van der Waals surface area contributed by atoms with Gasteiger partial charge in [-0.1, -0.05) is 20.3 Å². The van der Waals surface area contributed by atoms with E-state index in [4.69, 9.17) is 4.74 Å². The van der Waals surface area contributed by atoms with E-state index < -0.39 is 12.1 Å². The van der Waals surface area contributed by atoms with Crippen LogP contribution in [0.2, 0.25) is 0 Å². The molecule has 1 aliphatic heterocycles. The minimum absolute atomic E-state index is 0.0370. The smallest absolute Gasteiger partial charge is 0.319 e. The molecule has 0 saturated carbocycles. The number of rotatable bonds is 8. The largest absolute Gasteiger partial charge is 0.466 e. The lowest BCUT2D eigenvalue weighted by Gasteiger charge is -2.35. The fourth-order valence-electron chi connectivity index (χ4n) is 3.49. The van der Waals surface area contributed by atoms with Gasteiger partial charge in [0.1, 0.15) is 6.04 Å². The number of nitrogens with one attached hydrogen (secondary N) is 2. The molecule has 0 aliphatic carbocycles. The Morgan fingerprint density at radius 2 is 1.93 bits per heavy atom. The summed E-state index contributed by atoms with van der Waals surface area (Å²) < 4.78 is 5.13. The van der Waals surface area contributed by atoms with Gasteiger partial charge in [-0.15, -0.1) is 11.8 Å². The van der Waals surface area contributed by atoms with Gasteiger partial charge in [-0.05, 0) is 56.2 Å². The number of hydrogen-bond donors (Lipinski definition) is 2. The first-order chi connectivity index (χ1) is 14.4. The SMILES string of the molecule is CCOC(=O)C1CCCN(C(=O)C(NC(=O)Nc2ccc(SC)cc2)C(C)CC)C1. The number of amides is 3. The van der Waals surface area contributed by atoms with Gasteiger partial charge in [-0.2, -0.15) is 0 Å². The zero-order chi connectivity index (χ0) is 22.1. The molecule has 8 heteroatoms. The maximum absolute atomic E-state index is 13.2. The monoisotopic (exact) mass is 435 g/mol. The second-order valence-electron chi connectivity index (χ2n) is 7.57. The minimum Gasteiger partial charge on any atom is -0.466 e. The van der Waals surface area contributed by atoms with Crippen molar-refractivity contribution < 1.29 is 19.1 Å². The second-order valence-corrected chi connectivity index (χ2v) is 8.45. The number of hydrogen-bond acceptors (Lipinski definition) is 5. The van der Waals surface area contributed by atoms with Crippen molar-refractivity contribution in [3.63, 3.8) is 0 Å². The molecule has 2 rings (SSSR count). The van der Waals surface area contributed by atoms with E-state index in [1.54, 1.807) is 23.6 Å². The normalized spacial score (nSPS) is 18.3. The molecule has 0 spiro atoms. The fraction of sp³-hybridized carbons (Fsp3) is 0.591. The van der Waals surface area contributed by atoms with Gasteiger partial charge in [-0.3, -0.25) is 9.59 Å². The van der Waals surface area contributed by atoms with Crippen LogP contribution in [0.3, 0.4) is 0 Å². The van der Waals surface area contributed by atoms with Crippen LogP contribution in [0.1, 0.15) is 40.0 Å². The number of anilines is 1. The van der Waals surface area contributed by atoms with Crippen LogP contribution in [0.25, 0.3) is 0 Å². The fourth-order valence-corrected chi connectivity index (χ4v) is 3.90. The van der Waals surface area contributed by atoms with Crippen molar-refractivity contribution >= 4 is 35.4 Å². The summed E-state index contributed by atoms with van der Waals surface area (Å²) >= 11 is 1.63. The quantitative estimate of drug-likeness (QED) is 0.480. The van der Waals surface area contributed by atoms with Crippen LogP contribution in [0, 0.1) is 11.8 Å². The van der Waals surface area contributed by atoms with E-state index >= 15 is 0 Å². The van der Waals surface area contributed by atoms with Crippen molar-refractivity contribution in [2.45, 2.75) is 51.0 Å². The van der Waals surface area contributed by atoms with Gasteiger partial charge in [0, 0.05) is 23.7 Å². The number of nitrogens with zero attached hydrogens (tertiary/aromatic N) is 1. The molecule has 1 fully saturated rings. The molecule has 166 valence electrons. The number of benzene rings is 1. The molecule has 1 saturated heterocycles. The number of likely N-dealkylation sites (tertiary alicyclic amines) is 1. The van der Waals surface area contributed by atoms with Gasteiger partial charge >= 0.3 is 12.0 Å². The third kappa shape index (κ3) is 6.65. The van der Waals surface area contributed by atoms with Crippen molar-refractivity contribution in [1.82, 2.24) is 10.2 Å². The Balaban J connectivity index is 2.03. The predicted molar refractivity (Wildman–Crippen MR) is 120 cm³/mol. The summed E-state index contributed by atoms with van der Waals surface area (Å²) in [5, 5.41) is 5.65. The van der Waals surface area contributed by atoms with Crippen LogP contribution in [-0.2, 0) is 14.3 Å². The van der Waals surface area contributed by atoms with Gasteiger partial charge in [-0.25, -0.2) is 4.79 Å². The standard InChI is InChI=1S/C22H33N3O4S/c1-5-15(3)19(24-22(28)23-17-9-11-18(30-4)12-10-17)20(26)25-13-7-8-16(14-25)21(27)29-6-2/h9-12,15-16,19H,5-8,13-14H2,1-4H3,(H2,23,24,28). The first-order valence-corrected chi connectivity index (χ1v) is 11.8. The maximum Gasteiger partial charge on any atom is 0.319 e. The van der Waals surface area contributed by atoms with Crippen molar-refractivity contribution in [1.29, 1.82) is 0 Å². The third-order valence-electron chi connectivity index (χ3n) is 5.47. The highest BCUT2D eigenvalue weighted by Gasteiger charge is 2.35. The number of urea groups is 1. The first kappa shape index (κ1) is 24.1. The Morgan fingerprint density at radius 1 is 1.23 bits per heavy atom. The Hall–Kier alpha value is -2.22. The van der Waals surface area contributed by atoms with Crippen molar-refractivity contribution in [3.05, 3.63) is 24.3 Å². The second kappa shape index (κ2) is 11.8. The molecule has 1 aliphatic rings. The number of carbonyl (C=O) groups excluding carboxylic acids is 3. The molecule has 1 aromatic carbocycles. The van der Waals surface area contributed by atoms with Crippen LogP contribution >= 0.6 is 11.8 Å². The van der Waals surface area contributed by atoms with E-state index in [0.717, 1.165) is 24.2 Å². The Bertz CT molecular complexity index is 726. The number of piperidine rings is 1. The minimum atomic E-state index is -0.651. The molecule has 7 nitrogen and oxygen atoms in total. The zero-order valence-corrected chi connectivity index (χ0v) is 19.1. The molecule has 0 bridgehead atoms. The molecular formula is C22H33N3O4S. The Labute approximate surface area is 183 Å². The Morgan fingerprint density at radius 3 is 2.53 bits per heavy atom. The van der Waals surface area contributed by atoms with Gasteiger partial charge in [0.25, 0.3) is 0 Å². The molecular weight excluding hydrogens is 402 g/mol. The van der Waals surface area contributed by atoms with E-state index in [2.05, 4.69) is 10.6 Å². The summed E-state index contributed by atoms with van der Waals surface area (Å²) in [6.45, 7) is 6.97. The lowest BCUT2D eigenvalue weighted by atomic mass is 9.94. The molecule has 3 atom stereocenters. The van der Waals surface area contributed by atoms with Crippen LogP contribution in [0.5, 0.6) is 0 Å². The number of ether oxygens (including phenoxy) is 1. The molecule has 3 amide bonds. The Kier molecular flexibility index (Phi) is 9.49. The number of esters is 1. The lowest BCUT2D eigenvalue weighted by molar-refractivity contribution is -0.151.